The van der Waals surface area contributed by atoms with Crippen molar-refractivity contribution in [2.45, 2.75) is 38.6 Å². The lowest BCUT2D eigenvalue weighted by molar-refractivity contribution is 0.329. The summed E-state index contributed by atoms with van der Waals surface area (Å²) < 4.78 is 5.66. The fraction of sp³-hybridized carbons (Fsp3) is 0.571. The van der Waals surface area contributed by atoms with Gasteiger partial charge in [0.05, 0.1) is 6.61 Å². The molecule has 0 radical (unpaired) electrons. The maximum Gasteiger partial charge on any atom is 0.122 e. The molecule has 0 aliphatic carbocycles. The van der Waals surface area contributed by atoms with E-state index in [-0.39, 0.29) is 5.54 Å². The maximum absolute atomic E-state index is 5.66. The quantitative estimate of drug-likeness (QED) is 0.840. The highest BCUT2D eigenvalue weighted by molar-refractivity contribution is 5.34. The summed E-state index contributed by atoms with van der Waals surface area (Å²) in [5.41, 5.74) is 1.58. The maximum atomic E-state index is 5.66. The molecule has 1 N–H and O–H groups in total. The van der Waals surface area contributed by atoms with Crippen molar-refractivity contribution in [1.29, 1.82) is 0 Å². The molecule has 1 heterocycles. The number of para-hydroxylation sites is 1. The molecule has 16 heavy (non-hydrogen) atoms. The summed E-state index contributed by atoms with van der Waals surface area (Å²) in [6, 6.07) is 8.38. The van der Waals surface area contributed by atoms with Crippen molar-refractivity contribution in [1.82, 2.24) is 5.32 Å². The fourth-order valence-corrected chi connectivity index (χ4v) is 2.47. The van der Waals surface area contributed by atoms with Crippen molar-refractivity contribution < 1.29 is 4.74 Å². The van der Waals surface area contributed by atoms with Gasteiger partial charge in [0.25, 0.3) is 0 Å². The largest absolute Gasteiger partial charge is 0.494 e. The standard InChI is InChI=1S/C14H21NO/c1-3-16-13-8-5-4-7-12(13)11-14(2)9-6-10-15-14/h4-5,7-8,15H,3,6,9-11H2,1-2H3. The first-order chi connectivity index (χ1) is 7.73. The number of hydrogen-bond acceptors (Lipinski definition) is 2. The molecule has 0 saturated carbocycles. The molecule has 1 aromatic rings. The molecule has 1 fully saturated rings. The lowest BCUT2D eigenvalue weighted by Crippen LogP contribution is -2.38. The monoisotopic (exact) mass is 219 g/mol. The van der Waals surface area contributed by atoms with Crippen LogP contribution in [0.5, 0.6) is 5.75 Å². The lowest BCUT2D eigenvalue weighted by Gasteiger charge is -2.25. The molecule has 2 nitrogen and oxygen atoms in total. The van der Waals surface area contributed by atoms with Gasteiger partial charge in [0.1, 0.15) is 5.75 Å². The molecule has 0 bridgehead atoms. The third kappa shape index (κ3) is 2.56. The van der Waals surface area contributed by atoms with E-state index in [1.165, 1.54) is 18.4 Å². The van der Waals surface area contributed by atoms with E-state index in [2.05, 4.69) is 30.4 Å². The van der Waals surface area contributed by atoms with Gasteiger partial charge < -0.3 is 10.1 Å². The fourth-order valence-electron chi connectivity index (χ4n) is 2.47. The van der Waals surface area contributed by atoms with Gasteiger partial charge in [0, 0.05) is 5.54 Å². The van der Waals surface area contributed by atoms with Crippen LogP contribution in [0.4, 0.5) is 0 Å². The molecule has 0 amide bonds. The van der Waals surface area contributed by atoms with Crippen LogP contribution in [0.25, 0.3) is 0 Å². The Morgan fingerprint density at radius 3 is 2.88 bits per heavy atom. The summed E-state index contributed by atoms with van der Waals surface area (Å²) in [6.07, 6.45) is 3.60. The van der Waals surface area contributed by atoms with Gasteiger partial charge in [-0.3, -0.25) is 0 Å². The van der Waals surface area contributed by atoms with Gasteiger partial charge in [-0.25, -0.2) is 0 Å². The van der Waals surface area contributed by atoms with E-state index in [9.17, 15) is 0 Å². The minimum Gasteiger partial charge on any atom is -0.494 e. The first-order valence-corrected chi connectivity index (χ1v) is 6.19. The van der Waals surface area contributed by atoms with Crippen LogP contribution < -0.4 is 10.1 Å². The van der Waals surface area contributed by atoms with Crippen molar-refractivity contribution in [3.8, 4) is 5.75 Å². The molecule has 1 unspecified atom stereocenters. The average Bonchev–Trinajstić information content (AvgIpc) is 2.68. The second-order valence-corrected chi connectivity index (χ2v) is 4.81. The molecule has 1 aliphatic heterocycles. The predicted molar refractivity (Wildman–Crippen MR) is 67.0 cm³/mol. The predicted octanol–water partition coefficient (Wildman–Crippen LogP) is 2.77. The van der Waals surface area contributed by atoms with Crippen LogP contribution in [0.3, 0.4) is 0 Å². The number of ether oxygens (including phenoxy) is 1. The van der Waals surface area contributed by atoms with Gasteiger partial charge >= 0.3 is 0 Å². The Bertz CT molecular complexity index is 342. The third-order valence-corrected chi connectivity index (χ3v) is 3.31. The number of nitrogens with one attached hydrogen (secondary N) is 1. The topological polar surface area (TPSA) is 21.3 Å². The van der Waals surface area contributed by atoms with Gasteiger partial charge in [-0.2, -0.15) is 0 Å². The van der Waals surface area contributed by atoms with Crippen molar-refractivity contribution in [2.75, 3.05) is 13.2 Å². The molecule has 2 heteroatoms. The van der Waals surface area contributed by atoms with Crippen molar-refractivity contribution >= 4 is 0 Å². The Hall–Kier alpha value is -1.02. The summed E-state index contributed by atoms with van der Waals surface area (Å²) in [7, 11) is 0. The first kappa shape index (κ1) is 11.5. The smallest absolute Gasteiger partial charge is 0.122 e. The molecule has 0 spiro atoms. The second-order valence-electron chi connectivity index (χ2n) is 4.81. The van der Waals surface area contributed by atoms with Gasteiger partial charge in [0.15, 0.2) is 0 Å². The average molecular weight is 219 g/mol. The Kier molecular flexibility index (Phi) is 3.49. The van der Waals surface area contributed by atoms with Gasteiger partial charge in [-0.05, 0) is 51.3 Å². The highest BCUT2D eigenvalue weighted by atomic mass is 16.5. The van der Waals surface area contributed by atoms with Crippen molar-refractivity contribution in [3.05, 3.63) is 29.8 Å². The van der Waals surface area contributed by atoms with Gasteiger partial charge in [-0.15, -0.1) is 0 Å². The van der Waals surface area contributed by atoms with E-state index in [1.54, 1.807) is 0 Å². The lowest BCUT2D eigenvalue weighted by atomic mass is 9.91. The molecule has 1 saturated heterocycles. The summed E-state index contributed by atoms with van der Waals surface area (Å²) in [4.78, 5) is 0. The summed E-state index contributed by atoms with van der Waals surface area (Å²) >= 11 is 0. The number of benzene rings is 1. The Balaban J connectivity index is 2.13. The third-order valence-electron chi connectivity index (χ3n) is 3.31. The minimum atomic E-state index is 0.257. The van der Waals surface area contributed by atoms with E-state index < -0.39 is 0 Å². The van der Waals surface area contributed by atoms with Crippen molar-refractivity contribution in [3.63, 3.8) is 0 Å². The summed E-state index contributed by atoms with van der Waals surface area (Å²) in [6.45, 7) is 6.23. The van der Waals surface area contributed by atoms with Crippen molar-refractivity contribution in [2.24, 2.45) is 0 Å². The van der Waals surface area contributed by atoms with E-state index in [1.807, 2.05) is 13.0 Å². The molecule has 0 aromatic heterocycles. The number of hydrogen-bond donors (Lipinski definition) is 1. The summed E-state index contributed by atoms with van der Waals surface area (Å²) in [5.74, 6) is 1.04. The highest BCUT2D eigenvalue weighted by Gasteiger charge is 2.28. The van der Waals surface area contributed by atoms with Crippen LogP contribution in [0.15, 0.2) is 24.3 Å². The molecule has 1 aliphatic rings. The van der Waals surface area contributed by atoms with E-state index in [0.29, 0.717) is 0 Å². The Morgan fingerprint density at radius 2 is 2.19 bits per heavy atom. The molecule has 2 rings (SSSR count). The van der Waals surface area contributed by atoms with E-state index in [4.69, 9.17) is 4.74 Å². The van der Waals surface area contributed by atoms with Crippen LogP contribution in [0, 0.1) is 0 Å². The van der Waals surface area contributed by atoms with Crippen LogP contribution in [-0.4, -0.2) is 18.7 Å². The minimum absolute atomic E-state index is 0.257. The first-order valence-electron chi connectivity index (χ1n) is 6.19. The second kappa shape index (κ2) is 4.88. The highest BCUT2D eigenvalue weighted by Crippen LogP contribution is 2.28. The van der Waals surface area contributed by atoms with Crippen LogP contribution in [-0.2, 0) is 6.42 Å². The summed E-state index contributed by atoms with van der Waals surface area (Å²) in [5, 5.41) is 3.60. The molecule has 1 aromatic carbocycles. The van der Waals surface area contributed by atoms with Crippen LogP contribution >= 0.6 is 0 Å². The Morgan fingerprint density at radius 1 is 1.38 bits per heavy atom. The van der Waals surface area contributed by atoms with Gasteiger partial charge in [-0.1, -0.05) is 18.2 Å². The SMILES string of the molecule is CCOc1ccccc1CC1(C)CCCN1. The van der Waals surface area contributed by atoms with E-state index >= 15 is 0 Å². The van der Waals surface area contributed by atoms with Crippen LogP contribution in [0.2, 0.25) is 0 Å². The zero-order valence-corrected chi connectivity index (χ0v) is 10.3. The van der Waals surface area contributed by atoms with Crippen LogP contribution in [0.1, 0.15) is 32.3 Å². The van der Waals surface area contributed by atoms with Gasteiger partial charge in [0.2, 0.25) is 0 Å². The molecule has 1 atom stereocenters. The molecular formula is C14H21NO. The molecular weight excluding hydrogens is 198 g/mol. The normalized spacial score (nSPS) is 24.6. The Labute approximate surface area is 98.0 Å². The molecule has 88 valence electrons. The zero-order valence-electron chi connectivity index (χ0n) is 10.3. The number of rotatable bonds is 4. The van der Waals surface area contributed by atoms with E-state index in [0.717, 1.165) is 25.3 Å². The zero-order chi connectivity index (χ0) is 11.4.